The lowest BCUT2D eigenvalue weighted by molar-refractivity contribution is -0.144. The van der Waals surface area contributed by atoms with E-state index in [0.717, 1.165) is 0 Å². The Morgan fingerprint density at radius 1 is 0.524 bits per heavy atom. The highest BCUT2D eigenvalue weighted by Crippen LogP contribution is 2.15. The molecule has 0 saturated heterocycles. The number of primary amides is 2. The predicted octanol–water partition coefficient (Wildman–Crippen LogP) is -3.74. The number of thiol groups is 1. The van der Waals surface area contributed by atoms with Gasteiger partial charge >= 0.3 is 5.97 Å². The van der Waals surface area contributed by atoms with Gasteiger partial charge in [-0.15, -0.1) is 0 Å². The van der Waals surface area contributed by atoms with Crippen LogP contribution in [0.1, 0.15) is 112 Å². The molecule has 0 bridgehead atoms. The molecule has 1 aromatic rings. The first-order chi connectivity index (χ1) is 38.3. The van der Waals surface area contributed by atoms with Crippen molar-refractivity contribution in [3.05, 3.63) is 29.8 Å². The van der Waals surface area contributed by atoms with Gasteiger partial charge in [0.2, 0.25) is 65.0 Å². The molecule has 1 rings (SSSR count). The number of hydrogen-bond donors (Lipinski definition) is 17. The highest BCUT2D eigenvalue weighted by Gasteiger charge is 2.36. The van der Waals surface area contributed by atoms with Crippen LogP contribution in [0.5, 0.6) is 5.75 Å². The van der Waals surface area contributed by atoms with Gasteiger partial charge < -0.3 is 86.7 Å². The molecule has 0 aromatic heterocycles. The van der Waals surface area contributed by atoms with Crippen LogP contribution in [0.25, 0.3) is 0 Å². The maximum atomic E-state index is 14.3. The van der Waals surface area contributed by atoms with E-state index >= 15 is 0 Å². The Morgan fingerprint density at radius 3 is 1.40 bits per heavy atom. The molecule has 0 saturated carbocycles. The van der Waals surface area contributed by atoms with Crippen LogP contribution in [-0.4, -0.2) is 160 Å². The van der Waals surface area contributed by atoms with Crippen LogP contribution in [0.3, 0.4) is 0 Å². The lowest BCUT2D eigenvalue weighted by Gasteiger charge is -2.28. The molecule has 460 valence electrons. The molecular weight excluding hydrogens is 1090 g/mol. The summed E-state index contributed by atoms with van der Waals surface area (Å²) in [6.07, 6.45) is -1.09. The van der Waals surface area contributed by atoms with Gasteiger partial charge in [0.15, 0.2) is 5.96 Å². The van der Waals surface area contributed by atoms with Gasteiger partial charge in [-0.25, -0.2) is 4.79 Å². The minimum Gasteiger partial charge on any atom is -0.508 e. The fraction of sp³-hybridized carbons (Fsp3) is 0.635. The largest absolute Gasteiger partial charge is 0.508 e. The van der Waals surface area contributed by atoms with Gasteiger partial charge in [0, 0.05) is 31.6 Å². The Balaban J connectivity index is 3.40. The molecule has 29 nitrogen and oxygen atoms in total. The van der Waals surface area contributed by atoms with E-state index < -0.39 is 163 Å². The number of carboxylic acids is 1. The van der Waals surface area contributed by atoms with E-state index in [1.54, 1.807) is 41.5 Å². The molecule has 30 heteroatoms. The van der Waals surface area contributed by atoms with Crippen LogP contribution in [0.4, 0.5) is 0 Å². The van der Waals surface area contributed by atoms with Crippen LogP contribution in [-0.2, 0) is 64.0 Å². The molecule has 11 amide bonds. The zero-order valence-electron chi connectivity index (χ0n) is 47.9. The number of guanidine groups is 1. The van der Waals surface area contributed by atoms with Crippen molar-refractivity contribution in [1.82, 2.24) is 47.9 Å². The Hall–Kier alpha value is -7.76. The molecule has 0 aliphatic heterocycles. The summed E-state index contributed by atoms with van der Waals surface area (Å²) < 4.78 is 0. The number of amides is 11. The summed E-state index contributed by atoms with van der Waals surface area (Å²) in [6.45, 7) is 12.9. The number of rotatable bonds is 38. The topological polar surface area (TPSA) is 496 Å². The van der Waals surface area contributed by atoms with Gasteiger partial charge in [-0.3, -0.25) is 57.7 Å². The number of phenols is 1. The van der Waals surface area contributed by atoms with E-state index in [1.807, 2.05) is 13.8 Å². The minimum absolute atomic E-state index is 0.0554. The third-order valence-electron chi connectivity index (χ3n) is 12.4. The second-order valence-electron chi connectivity index (χ2n) is 21.3. The number of carbonyl (C=O) groups excluding carboxylic acids is 11. The Bertz CT molecular complexity index is 2390. The summed E-state index contributed by atoms with van der Waals surface area (Å²) in [5.74, 6) is -13.0. The van der Waals surface area contributed by atoms with Crippen molar-refractivity contribution in [2.45, 2.75) is 168 Å². The summed E-state index contributed by atoms with van der Waals surface area (Å²) in [7, 11) is 0. The number of nitrogens with one attached hydrogen (secondary N) is 9. The lowest BCUT2D eigenvalue weighted by Crippen LogP contribution is -2.60. The van der Waals surface area contributed by atoms with Crippen molar-refractivity contribution in [3.63, 3.8) is 0 Å². The Morgan fingerprint density at radius 2 is 0.951 bits per heavy atom. The standard InChI is InChI=1S/C52H87N15O14S/c1-25(2)20-34(63-43(72)31(53)10-9-19-58-52(56)57)46(75)64-35(21-26(3)4)47(76)65-36(22-29-11-13-30(68)14-12-29)48(77)61-32(15-17-38(54)69)44(73)59-23-40(71)60-37(24-82)49(78)62-33(16-18-39(55)70)45(74)66-41(27(5)6)50(79)67-42(28(7)8)51(80)81/h11-14,25-28,31-37,41-42,68,82H,9-10,15-24,53H2,1-8H3,(H2,54,69)(H2,55,70)(H,59,73)(H,60,71)(H,61,77)(H,62,78)(H,63,72)(H,64,75)(H,65,76)(H,66,74)(H,67,79)(H,80,81)(H4,56,57,58)/t31-,32-,33-,34-,35-,36-,37-,41-,42-/m0/s1. The van der Waals surface area contributed by atoms with E-state index in [1.165, 1.54) is 24.3 Å². The fourth-order valence-electron chi connectivity index (χ4n) is 7.89. The maximum absolute atomic E-state index is 14.3. The maximum Gasteiger partial charge on any atom is 0.326 e. The van der Waals surface area contributed by atoms with Crippen LogP contribution in [0, 0.1) is 23.7 Å². The number of aromatic hydroxyl groups is 1. The minimum atomic E-state index is -1.58. The Kier molecular flexibility index (Phi) is 32.2. The molecule has 0 heterocycles. The smallest absolute Gasteiger partial charge is 0.326 e. The third kappa shape index (κ3) is 28.1. The molecule has 1 aromatic carbocycles. The zero-order valence-corrected chi connectivity index (χ0v) is 48.8. The average Bonchev–Trinajstić information content (AvgIpc) is 3.40. The number of carbonyl (C=O) groups is 12. The number of carboxylic acid groups (broad SMARTS) is 1. The summed E-state index contributed by atoms with van der Waals surface area (Å²) in [5, 5.41) is 42.0. The van der Waals surface area contributed by atoms with Crippen LogP contribution < -0.4 is 76.5 Å². The summed E-state index contributed by atoms with van der Waals surface area (Å²) >= 11 is 4.15. The first-order valence-electron chi connectivity index (χ1n) is 26.9. The average molecular weight is 1180 g/mol. The lowest BCUT2D eigenvalue weighted by atomic mass is 9.98. The molecule has 0 unspecified atom stereocenters. The Labute approximate surface area is 482 Å². The quantitative estimate of drug-likeness (QED) is 0.0131. The number of phenolic OH excluding ortho intramolecular Hbond substituents is 1. The number of nitrogens with zero attached hydrogens (tertiary/aromatic N) is 1. The van der Waals surface area contributed by atoms with Crippen molar-refractivity contribution in [2.75, 3.05) is 18.8 Å². The fourth-order valence-corrected chi connectivity index (χ4v) is 8.14. The number of aliphatic imine (C=N–C) groups is 1. The van der Waals surface area contributed by atoms with Crippen LogP contribution >= 0.6 is 12.6 Å². The first-order valence-corrected chi connectivity index (χ1v) is 27.6. The SMILES string of the molecule is CC(C)C[C@H](NC(=O)[C@H](CC(C)C)NC(=O)[C@@H](N)CCCN=C(N)N)C(=O)N[C@@H](Cc1ccc(O)cc1)C(=O)N[C@@H](CCC(N)=O)C(=O)NCC(=O)N[C@@H](CS)C(=O)N[C@@H](CCC(N)=O)C(=O)N[C@H](C(=O)N[C@H](C(=O)O)C(C)C)C(C)C. The van der Waals surface area contributed by atoms with Gasteiger partial charge in [0.1, 0.15) is 54.1 Å². The molecule has 82 heavy (non-hydrogen) atoms. The first kappa shape index (κ1) is 72.3. The van der Waals surface area contributed by atoms with Crippen molar-refractivity contribution in [2.24, 2.45) is 57.3 Å². The van der Waals surface area contributed by atoms with E-state index in [4.69, 9.17) is 28.7 Å². The van der Waals surface area contributed by atoms with Crippen molar-refractivity contribution >= 4 is 89.5 Å². The van der Waals surface area contributed by atoms with E-state index in [-0.39, 0.29) is 67.9 Å². The van der Waals surface area contributed by atoms with Gasteiger partial charge in [-0.1, -0.05) is 67.5 Å². The highest BCUT2D eigenvalue weighted by atomic mass is 32.1. The summed E-state index contributed by atoms with van der Waals surface area (Å²) in [5.41, 5.74) is 28.0. The summed E-state index contributed by atoms with van der Waals surface area (Å²) in [6, 6.07) is -6.49. The molecule has 21 N–H and O–H groups in total. The molecule has 0 radical (unpaired) electrons. The van der Waals surface area contributed by atoms with Gasteiger partial charge in [0.25, 0.3) is 0 Å². The van der Waals surface area contributed by atoms with E-state index in [9.17, 15) is 67.7 Å². The zero-order chi connectivity index (χ0) is 62.6. The van der Waals surface area contributed by atoms with Gasteiger partial charge in [-0.05, 0) is 79.9 Å². The van der Waals surface area contributed by atoms with Gasteiger partial charge in [0.05, 0.1) is 12.6 Å². The monoisotopic (exact) mass is 1180 g/mol. The second kappa shape index (κ2) is 36.6. The highest BCUT2D eigenvalue weighted by molar-refractivity contribution is 7.80. The number of aliphatic carboxylic acids is 1. The molecule has 0 spiro atoms. The molecule has 0 aliphatic carbocycles. The molecule has 9 atom stereocenters. The predicted molar refractivity (Wildman–Crippen MR) is 305 cm³/mol. The van der Waals surface area contributed by atoms with E-state index in [2.05, 4.69) is 65.5 Å². The van der Waals surface area contributed by atoms with Crippen LogP contribution in [0.15, 0.2) is 29.3 Å². The van der Waals surface area contributed by atoms with Crippen molar-refractivity contribution in [1.29, 1.82) is 0 Å². The number of nitrogens with two attached hydrogens (primary N) is 5. The number of hydrogen-bond acceptors (Lipinski definition) is 16. The van der Waals surface area contributed by atoms with Crippen molar-refractivity contribution in [3.8, 4) is 5.75 Å². The normalized spacial score (nSPS) is 14.5. The number of benzene rings is 1. The van der Waals surface area contributed by atoms with E-state index in [0.29, 0.717) is 12.0 Å². The molecule has 0 fully saturated rings. The van der Waals surface area contributed by atoms with Crippen LogP contribution in [0.2, 0.25) is 0 Å². The summed E-state index contributed by atoms with van der Waals surface area (Å²) in [4.78, 5) is 162. The van der Waals surface area contributed by atoms with Crippen molar-refractivity contribution < 1.29 is 67.7 Å². The second-order valence-corrected chi connectivity index (χ2v) is 21.7. The van der Waals surface area contributed by atoms with Gasteiger partial charge in [-0.2, -0.15) is 12.6 Å². The third-order valence-corrected chi connectivity index (χ3v) is 12.7. The molecular formula is C52H87N15O14S. The molecule has 0 aliphatic rings.